The van der Waals surface area contributed by atoms with Crippen LogP contribution in [0.1, 0.15) is 35.9 Å². The highest BCUT2D eigenvalue weighted by molar-refractivity contribution is 7.10. The van der Waals surface area contributed by atoms with E-state index in [0.29, 0.717) is 5.02 Å². The zero-order valence-corrected chi connectivity index (χ0v) is 13.6. The third-order valence-corrected chi connectivity index (χ3v) is 4.68. The van der Waals surface area contributed by atoms with E-state index in [0.717, 1.165) is 18.7 Å². The van der Waals surface area contributed by atoms with Gasteiger partial charge in [0.05, 0.1) is 18.2 Å². The fourth-order valence-corrected chi connectivity index (χ4v) is 3.61. The van der Waals surface area contributed by atoms with Gasteiger partial charge in [-0.05, 0) is 47.7 Å². The Hall–Kier alpha value is -1.03. The average Bonchev–Trinajstić information content (AvgIpc) is 2.93. The summed E-state index contributed by atoms with van der Waals surface area (Å²) in [7, 11) is 1.65. The molecule has 0 saturated carbocycles. The molecule has 0 amide bonds. The van der Waals surface area contributed by atoms with Crippen LogP contribution < -0.4 is 10.1 Å². The summed E-state index contributed by atoms with van der Waals surface area (Å²) in [4.78, 5) is 1.37. The molecule has 0 saturated heterocycles. The van der Waals surface area contributed by atoms with Crippen molar-refractivity contribution in [2.24, 2.45) is 0 Å². The molecule has 4 heteroatoms. The Morgan fingerprint density at radius 3 is 2.75 bits per heavy atom. The number of ether oxygens (including phenoxy) is 1. The first-order valence-electron chi connectivity index (χ1n) is 6.84. The first-order valence-corrected chi connectivity index (χ1v) is 8.10. The van der Waals surface area contributed by atoms with Crippen molar-refractivity contribution in [1.82, 2.24) is 5.32 Å². The van der Waals surface area contributed by atoms with E-state index in [9.17, 15) is 0 Å². The molecule has 0 aliphatic heterocycles. The molecule has 1 atom stereocenters. The van der Waals surface area contributed by atoms with E-state index in [1.807, 2.05) is 12.1 Å². The third kappa shape index (κ3) is 3.17. The van der Waals surface area contributed by atoms with Crippen LogP contribution in [0.2, 0.25) is 5.02 Å². The minimum atomic E-state index is 0.195. The lowest BCUT2D eigenvalue weighted by Gasteiger charge is -2.20. The summed E-state index contributed by atoms with van der Waals surface area (Å²) < 4.78 is 5.33. The first-order chi connectivity index (χ1) is 9.71. The van der Waals surface area contributed by atoms with Crippen molar-refractivity contribution in [2.45, 2.75) is 26.3 Å². The van der Waals surface area contributed by atoms with Gasteiger partial charge in [0.15, 0.2) is 0 Å². The van der Waals surface area contributed by atoms with Gasteiger partial charge in [-0.25, -0.2) is 0 Å². The van der Waals surface area contributed by atoms with Crippen LogP contribution in [0, 0.1) is 0 Å². The molecule has 0 fully saturated rings. The van der Waals surface area contributed by atoms with Gasteiger partial charge in [-0.15, -0.1) is 11.3 Å². The molecule has 108 valence electrons. The lowest BCUT2D eigenvalue weighted by molar-refractivity contribution is 0.414. The fourth-order valence-electron chi connectivity index (χ4n) is 2.31. The van der Waals surface area contributed by atoms with Crippen LogP contribution in [0.4, 0.5) is 0 Å². The van der Waals surface area contributed by atoms with Crippen molar-refractivity contribution in [1.29, 1.82) is 0 Å². The van der Waals surface area contributed by atoms with Crippen LogP contribution in [-0.4, -0.2) is 13.7 Å². The molecule has 0 aliphatic rings. The lowest BCUT2D eigenvalue weighted by atomic mass is 10.0. The van der Waals surface area contributed by atoms with Crippen LogP contribution in [0.5, 0.6) is 5.75 Å². The van der Waals surface area contributed by atoms with E-state index in [1.165, 1.54) is 16.0 Å². The summed E-state index contributed by atoms with van der Waals surface area (Å²) in [6.07, 6.45) is 1.05. The molecule has 0 radical (unpaired) electrons. The Labute approximate surface area is 129 Å². The van der Waals surface area contributed by atoms with E-state index in [1.54, 1.807) is 18.4 Å². The van der Waals surface area contributed by atoms with Crippen molar-refractivity contribution in [3.8, 4) is 5.75 Å². The Morgan fingerprint density at radius 2 is 2.10 bits per heavy atom. The molecule has 1 N–H and O–H groups in total. The Kier molecular flexibility index (Phi) is 5.46. The van der Waals surface area contributed by atoms with Gasteiger partial charge in [0, 0.05) is 4.88 Å². The lowest BCUT2D eigenvalue weighted by Crippen LogP contribution is -2.22. The summed E-state index contributed by atoms with van der Waals surface area (Å²) in [6, 6.07) is 8.39. The second-order valence-corrected chi connectivity index (χ2v) is 5.90. The number of nitrogens with one attached hydrogen (secondary N) is 1. The number of methoxy groups -OCH3 is 1. The number of benzene rings is 1. The van der Waals surface area contributed by atoms with Gasteiger partial charge in [-0.3, -0.25) is 0 Å². The quantitative estimate of drug-likeness (QED) is 0.837. The highest BCUT2D eigenvalue weighted by Crippen LogP contribution is 2.34. The Morgan fingerprint density at radius 1 is 1.30 bits per heavy atom. The Balaban J connectivity index is 2.43. The molecule has 1 aromatic carbocycles. The van der Waals surface area contributed by atoms with E-state index in [4.69, 9.17) is 16.3 Å². The maximum Gasteiger partial charge on any atom is 0.137 e. The standard InChI is InChI=1S/C16H20ClNOS/c1-4-11-8-9-20-16(11)15(18-5-2)12-6-7-13(17)14(10-12)19-3/h6-10,15,18H,4-5H2,1-3H3. The summed E-state index contributed by atoms with van der Waals surface area (Å²) in [5, 5.41) is 6.36. The van der Waals surface area contributed by atoms with Crippen LogP contribution in [0.3, 0.4) is 0 Å². The topological polar surface area (TPSA) is 21.3 Å². The minimum absolute atomic E-state index is 0.195. The molecule has 1 heterocycles. The molecule has 0 bridgehead atoms. The molecular formula is C16H20ClNOS. The zero-order valence-electron chi connectivity index (χ0n) is 12.1. The number of rotatable bonds is 6. The molecule has 0 spiro atoms. The van der Waals surface area contributed by atoms with Gasteiger partial charge >= 0.3 is 0 Å². The smallest absolute Gasteiger partial charge is 0.137 e. The second-order valence-electron chi connectivity index (χ2n) is 4.55. The van der Waals surface area contributed by atoms with Gasteiger partial charge in [-0.1, -0.05) is 31.5 Å². The van der Waals surface area contributed by atoms with Crippen LogP contribution in [0.15, 0.2) is 29.6 Å². The van der Waals surface area contributed by atoms with Gasteiger partial charge in [0.1, 0.15) is 5.75 Å². The predicted octanol–water partition coefficient (Wildman–Crippen LogP) is 4.67. The fraction of sp³-hybridized carbons (Fsp3) is 0.375. The molecule has 2 aromatic rings. The average molecular weight is 310 g/mol. The van der Waals surface area contributed by atoms with Gasteiger partial charge in [0.2, 0.25) is 0 Å². The number of hydrogen-bond acceptors (Lipinski definition) is 3. The summed E-state index contributed by atoms with van der Waals surface area (Å²) in [5.74, 6) is 0.724. The van der Waals surface area contributed by atoms with Crippen LogP contribution in [0.25, 0.3) is 0 Å². The van der Waals surface area contributed by atoms with Gasteiger partial charge in [0.25, 0.3) is 0 Å². The first kappa shape index (κ1) is 15.4. The monoisotopic (exact) mass is 309 g/mol. The molecule has 0 aliphatic carbocycles. The maximum absolute atomic E-state index is 6.12. The number of hydrogen-bond donors (Lipinski definition) is 1. The van der Waals surface area contributed by atoms with E-state index in [-0.39, 0.29) is 6.04 Å². The van der Waals surface area contributed by atoms with E-state index >= 15 is 0 Å². The number of thiophene rings is 1. The van der Waals surface area contributed by atoms with Gasteiger partial charge < -0.3 is 10.1 Å². The van der Waals surface area contributed by atoms with E-state index < -0.39 is 0 Å². The van der Waals surface area contributed by atoms with Crippen molar-refractivity contribution in [2.75, 3.05) is 13.7 Å². The molecular weight excluding hydrogens is 290 g/mol. The largest absolute Gasteiger partial charge is 0.495 e. The maximum atomic E-state index is 6.12. The highest BCUT2D eigenvalue weighted by Gasteiger charge is 2.18. The normalized spacial score (nSPS) is 12.4. The predicted molar refractivity (Wildman–Crippen MR) is 87.2 cm³/mol. The van der Waals surface area contributed by atoms with Crippen molar-refractivity contribution in [3.63, 3.8) is 0 Å². The van der Waals surface area contributed by atoms with Crippen molar-refractivity contribution >= 4 is 22.9 Å². The van der Waals surface area contributed by atoms with Crippen molar-refractivity contribution < 1.29 is 4.74 Å². The number of halogens is 1. The molecule has 20 heavy (non-hydrogen) atoms. The molecule has 1 aromatic heterocycles. The highest BCUT2D eigenvalue weighted by atomic mass is 35.5. The van der Waals surface area contributed by atoms with Crippen LogP contribution in [-0.2, 0) is 6.42 Å². The molecule has 2 nitrogen and oxygen atoms in total. The Bertz CT molecular complexity index is 567. The summed E-state index contributed by atoms with van der Waals surface area (Å²) in [6.45, 7) is 5.23. The summed E-state index contributed by atoms with van der Waals surface area (Å²) >= 11 is 7.92. The molecule has 1 unspecified atom stereocenters. The second kappa shape index (κ2) is 7.11. The SMILES string of the molecule is CCNC(c1ccc(Cl)c(OC)c1)c1sccc1CC. The van der Waals surface area contributed by atoms with Crippen molar-refractivity contribution in [3.05, 3.63) is 50.7 Å². The minimum Gasteiger partial charge on any atom is -0.495 e. The third-order valence-electron chi connectivity index (χ3n) is 3.34. The molecule has 2 rings (SSSR count). The van der Waals surface area contributed by atoms with E-state index in [2.05, 4.69) is 36.7 Å². The van der Waals surface area contributed by atoms with Gasteiger partial charge in [-0.2, -0.15) is 0 Å². The number of aryl methyl sites for hydroxylation is 1. The summed E-state index contributed by atoms with van der Waals surface area (Å²) in [5.41, 5.74) is 2.58. The zero-order chi connectivity index (χ0) is 14.5. The van der Waals surface area contributed by atoms with Crippen LogP contribution >= 0.6 is 22.9 Å².